The molecule has 0 aromatic heterocycles. The molecule has 0 aliphatic heterocycles. The van der Waals surface area contributed by atoms with Crippen LogP contribution in [0.15, 0.2) is 18.2 Å². The van der Waals surface area contributed by atoms with Gasteiger partial charge in [-0.3, -0.25) is 4.79 Å². The molecule has 2 heteroatoms. The molecule has 0 unspecified atom stereocenters. The molecule has 0 aliphatic carbocycles. The van der Waals surface area contributed by atoms with Crippen LogP contribution in [0, 0.1) is 0 Å². The number of aryl methyl sites for hydroxylation is 1. The predicted molar refractivity (Wildman–Crippen MR) is 89.3 cm³/mol. The standard InChI is InChI=1S/C19H30O2/c1-3-5-6-7-8-9-10-14-21-19-13-12-17(16-20)15-18(19)11-4-2/h12-13,15-16H,3-11,14H2,1-2H3. The summed E-state index contributed by atoms with van der Waals surface area (Å²) >= 11 is 0. The fourth-order valence-electron chi connectivity index (χ4n) is 2.52. The molecule has 0 bridgehead atoms. The SMILES string of the molecule is CCCCCCCCCOc1ccc(C=O)cc1CCC. The predicted octanol–water partition coefficient (Wildman–Crippen LogP) is 5.58. The minimum Gasteiger partial charge on any atom is -0.493 e. The molecule has 0 N–H and O–H groups in total. The summed E-state index contributed by atoms with van der Waals surface area (Å²) in [6.45, 7) is 5.18. The van der Waals surface area contributed by atoms with E-state index in [4.69, 9.17) is 4.74 Å². The lowest BCUT2D eigenvalue weighted by Gasteiger charge is -2.11. The van der Waals surface area contributed by atoms with Crippen molar-refractivity contribution in [1.29, 1.82) is 0 Å². The van der Waals surface area contributed by atoms with Gasteiger partial charge in [0.1, 0.15) is 12.0 Å². The molecule has 0 saturated carbocycles. The van der Waals surface area contributed by atoms with E-state index < -0.39 is 0 Å². The number of hydrogen-bond donors (Lipinski definition) is 0. The minimum atomic E-state index is 0.738. The molecule has 0 fully saturated rings. The van der Waals surface area contributed by atoms with Crippen LogP contribution in [0.25, 0.3) is 0 Å². The summed E-state index contributed by atoms with van der Waals surface area (Å²) in [5.74, 6) is 0.952. The molecule has 0 radical (unpaired) electrons. The van der Waals surface area contributed by atoms with Crippen molar-refractivity contribution in [2.75, 3.05) is 6.61 Å². The van der Waals surface area contributed by atoms with Crippen molar-refractivity contribution in [3.63, 3.8) is 0 Å². The third kappa shape index (κ3) is 7.31. The molecule has 1 aromatic rings. The summed E-state index contributed by atoms with van der Waals surface area (Å²) in [7, 11) is 0. The Morgan fingerprint density at radius 1 is 0.952 bits per heavy atom. The highest BCUT2D eigenvalue weighted by Crippen LogP contribution is 2.22. The number of aldehydes is 1. The lowest BCUT2D eigenvalue weighted by Crippen LogP contribution is -2.01. The van der Waals surface area contributed by atoms with Crippen molar-refractivity contribution in [1.82, 2.24) is 0 Å². The minimum absolute atomic E-state index is 0.738. The maximum atomic E-state index is 10.8. The molecule has 118 valence electrons. The third-order valence-electron chi connectivity index (χ3n) is 3.75. The van der Waals surface area contributed by atoms with Crippen LogP contribution in [-0.2, 0) is 6.42 Å². The fraction of sp³-hybridized carbons (Fsp3) is 0.632. The number of ether oxygens (including phenoxy) is 1. The highest BCUT2D eigenvalue weighted by atomic mass is 16.5. The van der Waals surface area contributed by atoms with Crippen molar-refractivity contribution in [3.8, 4) is 5.75 Å². The van der Waals surface area contributed by atoms with Crippen molar-refractivity contribution >= 4 is 6.29 Å². The monoisotopic (exact) mass is 290 g/mol. The van der Waals surface area contributed by atoms with Crippen LogP contribution in [0.5, 0.6) is 5.75 Å². The van der Waals surface area contributed by atoms with Crippen LogP contribution in [0.3, 0.4) is 0 Å². The van der Waals surface area contributed by atoms with E-state index in [1.165, 1.54) is 38.5 Å². The first-order valence-corrected chi connectivity index (χ1v) is 8.52. The van der Waals surface area contributed by atoms with E-state index in [0.717, 1.165) is 49.0 Å². The molecule has 0 amide bonds. The maximum Gasteiger partial charge on any atom is 0.150 e. The van der Waals surface area contributed by atoms with Crippen LogP contribution < -0.4 is 4.74 Å². The third-order valence-corrected chi connectivity index (χ3v) is 3.75. The molecule has 2 nitrogen and oxygen atoms in total. The van der Waals surface area contributed by atoms with Gasteiger partial charge in [-0.05, 0) is 36.6 Å². The topological polar surface area (TPSA) is 26.3 Å². The average Bonchev–Trinajstić information content (AvgIpc) is 2.51. The highest BCUT2D eigenvalue weighted by Gasteiger charge is 2.04. The van der Waals surface area contributed by atoms with Gasteiger partial charge in [0.25, 0.3) is 0 Å². The summed E-state index contributed by atoms with van der Waals surface area (Å²) in [5, 5.41) is 0. The summed E-state index contributed by atoms with van der Waals surface area (Å²) in [4.78, 5) is 10.8. The molecule has 0 saturated heterocycles. The first kappa shape index (κ1) is 17.7. The Kier molecular flexibility index (Phi) is 9.60. The first-order valence-electron chi connectivity index (χ1n) is 8.52. The van der Waals surface area contributed by atoms with Crippen LogP contribution in [0.1, 0.15) is 81.1 Å². The van der Waals surface area contributed by atoms with Gasteiger partial charge >= 0.3 is 0 Å². The zero-order valence-corrected chi connectivity index (χ0v) is 13.7. The molecule has 0 spiro atoms. The molecule has 0 heterocycles. The van der Waals surface area contributed by atoms with Crippen LogP contribution in [-0.4, -0.2) is 12.9 Å². The molecule has 0 atom stereocenters. The number of benzene rings is 1. The van der Waals surface area contributed by atoms with Crippen LogP contribution in [0.2, 0.25) is 0 Å². The van der Waals surface area contributed by atoms with Gasteiger partial charge in [0, 0.05) is 5.56 Å². The Balaban J connectivity index is 2.29. The van der Waals surface area contributed by atoms with E-state index in [0.29, 0.717) is 0 Å². The molecule has 21 heavy (non-hydrogen) atoms. The van der Waals surface area contributed by atoms with Gasteiger partial charge in [-0.2, -0.15) is 0 Å². The van der Waals surface area contributed by atoms with Crippen molar-refractivity contribution in [2.45, 2.75) is 71.6 Å². The summed E-state index contributed by atoms with van der Waals surface area (Å²) in [6, 6.07) is 5.73. The molecule has 1 rings (SSSR count). The van der Waals surface area contributed by atoms with E-state index in [1.807, 2.05) is 18.2 Å². The Hall–Kier alpha value is -1.31. The summed E-state index contributed by atoms with van der Waals surface area (Å²) in [5.41, 5.74) is 1.90. The van der Waals surface area contributed by atoms with Crippen molar-refractivity contribution in [2.24, 2.45) is 0 Å². The van der Waals surface area contributed by atoms with Gasteiger partial charge in [-0.15, -0.1) is 0 Å². The zero-order valence-electron chi connectivity index (χ0n) is 13.7. The van der Waals surface area contributed by atoms with E-state index in [9.17, 15) is 4.79 Å². The Morgan fingerprint density at radius 3 is 2.33 bits per heavy atom. The lowest BCUT2D eigenvalue weighted by molar-refractivity contribution is 0.112. The second-order valence-electron chi connectivity index (χ2n) is 5.70. The molecular formula is C19H30O2. The number of carbonyl (C=O) groups is 1. The van der Waals surface area contributed by atoms with Gasteiger partial charge in [0.2, 0.25) is 0 Å². The van der Waals surface area contributed by atoms with Gasteiger partial charge in [0.05, 0.1) is 6.61 Å². The quantitative estimate of drug-likeness (QED) is 0.371. The van der Waals surface area contributed by atoms with E-state index in [1.54, 1.807) is 0 Å². The Labute approximate surface area is 129 Å². The van der Waals surface area contributed by atoms with Gasteiger partial charge in [-0.25, -0.2) is 0 Å². The largest absolute Gasteiger partial charge is 0.493 e. The maximum absolute atomic E-state index is 10.8. The molecular weight excluding hydrogens is 260 g/mol. The second-order valence-corrected chi connectivity index (χ2v) is 5.70. The number of carbonyl (C=O) groups excluding carboxylic acids is 1. The number of rotatable bonds is 12. The molecule has 1 aromatic carbocycles. The van der Waals surface area contributed by atoms with E-state index in [2.05, 4.69) is 13.8 Å². The normalized spacial score (nSPS) is 10.6. The second kappa shape index (κ2) is 11.4. The van der Waals surface area contributed by atoms with Crippen LogP contribution in [0.4, 0.5) is 0 Å². The number of unbranched alkanes of at least 4 members (excludes halogenated alkanes) is 6. The first-order chi connectivity index (χ1) is 10.3. The zero-order chi connectivity index (χ0) is 15.3. The summed E-state index contributed by atoms with van der Waals surface area (Å²) in [6.07, 6.45) is 12.0. The average molecular weight is 290 g/mol. The highest BCUT2D eigenvalue weighted by molar-refractivity contribution is 5.75. The van der Waals surface area contributed by atoms with Crippen molar-refractivity contribution in [3.05, 3.63) is 29.3 Å². The van der Waals surface area contributed by atoms with E-state index in [-0.39, 0.29) is 0 Å². The van der Waals surface area contributed by atoms with E-state index >= 15 is 0 Å². The van der Waals surface area contributed by atoms with Gasteiger partial charge in [-0.1, -0.05) is 58.8 Å². The lowest BCUT2D eigenvalue weighted by atomic mass is 10.1. The molecule has 0 aliphatic rings. The fourth-order valence-corrected chi connectivity index (χ4v) is 2.52. The summed E-state index contributed by atoms with van der Waals surface area (Å²) < 4.78 is 5.90. The van der Waals surface area contributed by atoms with Gasteiger partial charge < -0.3 is 4.74 Å². The van der Waals surface area contributed by atoms with Crippen molar-refractivity contribution < 1.29 is 9.53 Å². The Bertz CT molecular complexity index is 399. The Morgan fingerprint density at radius 2 is 1.67 bits per heavy atom. The number of hydrogen-bond acceptors (Lipinski definition) is 2. The smallest absolute Gasteiger partial charge is 0.150 e. The van der Waals surface area contributed by atoms with Gasteiger partial charge in [0.15, 0.2) is 0 Å². The van der Waals surface area contributed by atoms with Crippen LogP contribution >= 0.6 is 0 Å².